The van der Waals surface area contributed by atoms with E-state index in [4.69, 9.17) is 0 Å². The quantitative estimate of drug-likeness (QED) is 0.537. The van der Waals surface area contributed by atoms with E-state index in [1.807, 2.05) is 0 Å². The van der Waals surface area contributed by atoms with Crippen LogP contribution in [0.5, 0.6) is 0 Å². The summed E-state index contributed by atoms with van der Waals surface area (Å²) in [6.07, 6.45) is -9.39. The minimum absolute atomic E-state index is 0.0535. The molecule has 2 aromatic rings. The predicted molar refractivity (Wildman–Crippen MR) is 75.9 cm³/mol. The zero-order chi connectivity index (χ0) is 18.2. The van der Waals surface area contributed by atoms with Gasteiger partial charge < -0.3 is 0 Å². The lowest BCUT2D eigenvalue weighted by molar-refractivity contribution is -0.138. The second kappa shape index (κ2) is 6.32. The third kappa shape index (κ3) is 4.44. The van der Waals surface area contributed by atoms with Crippen LogP contribution in [0.4, 0.5) is 26.3 Å². The van der Waals surface area contributed by atoms with Gasteiger partial charge in [0.1, 0.15) is 0 Å². The minimum Gasteiger partial charge on any atom is -0.212 e. The summed E-state index contributed by atoms with van der Waals surface area (Å²) < 4.78 is 100. The molecule has 0 atom stereocenters. The Morgan fingerprint density at radius 2 is 1.25 bits per heavy atom. The number of rotatable bonds is 3. The lowest BCUT2D eigenvalue weighted by atomic mass is 10.2. The Morgan fingerprint density at radius 3 is 1.79 bits per heavy atom. The molecule has 0 aliphatic rings. The van der Waals surface area contributed by atoms with E-state index in [2.05, 4.69) is 0 Å². The fraction of sp³-hybridized carbons (Fsp3) is 0.143. The molecule has 10 heteroatoms. The van der Waals surface area contributed by atoms with Crippen molar-refractivity contribution in [2.24, 2.45) is 0 Å². The van der Waals surface area contributed by atoms with Crippen molar-refractivity contribution < 1.29 is 34.8 Å². The van der Waals surface area contributed by atoms with Crippen LogP contribution in [-0.4, -0.2) is 8.42 Å². The van der Waals surface area contributed by atoms with Crippen molar-refractivity contribution in [3.8, 4) is 0 Å². The summed E-state index contributed by atoms with van der Waals surface area (Å²) in [4.78, 5) is -0.887. The Hall–Kier alpha value is -1.68. The molecule has 0 aliphatic carbocycles. The second-order valence-electron chi connectivity index (χ2n) is 4.59. The topological polar surface area (TPSA) is 34.1 Å². The van der Waals surface area contributed by atoms with Crippen molar-refractivity contribution in [2.75, 3.05) is 0 Å². The molecule has 0 fully saturated rings. The predicted octanol–water partition coefficient (Wildman–Crippen LogP) is 5.21. The first kappa shape index (κ1) is 18.7. The zero-order valence-corrected chi connectivity index (χ0v) is 13.2. The van der Waals surface area contributed by atoms with Crippen LogP contribution in [0.1, 0.15) is 11.1 Å². The minimum atomic E-state index is -4.73. The summed E-state index contributed by atoms with van der Waals surface area (Å²) in [5, 5.41) is 0. The summed E-state index contributed by atoms with van der Waals surface area (Å²) in [6, 6.07) is 6.55. The monoisotopic (exact) mass is 386 g/mol. The smallest absolute Gasteiger partial charge is 0.212 e. The van der Waals surface area contributed by atoms with Gasteiger partial charge in [0.15, 0.2) is 0 Å². The summed E-state index contributed by atoms with van der Waals surface area (Å²) in [6.45, 7) is 0. The van der Waals surface area contributed by atoms with Crippen LogP contribution in [0.3, 0.4) is 0 Å². The molecule has 24 heavy (non-hydrogen) atoms. The third-order valence-corrected chi connectivity index (χ3v) is 6.13. The van der Waals surface area contributed by atoms with Gasteiger partial charge in [0.05, 0.1) is 16.0 Å². The fourth-order valence-electron chi connectivity index (χ4n) is 1.73. The molecule has 0 aromatic heterocycles. The Morgan fingerprint density at radius 1 is 0.750 bits per heavy atom. The highest BCUT2D eigenvalue weighted by Gasteiger charge is 2.33. The fourth-order valence-corrected chi connectivity index (χ4v) is 4.57. The van der Waals surface area contributed by atoms with Crippen molar-refractivity contribution in [1.82, 2.24) is 0 Å². The Bertz CT molecular complexity index is 841. The van der Waals surface area contributed by atoms with Gasteiger partial charge in [-0.15, -0.1) is 0 Å². The molecule has 0 saturated heterocycles. The van der Waals surface area contributed by atoms with E-state index in [0.29, 0.717) is 18.2 Å². The zero-order valence-electron chi connectivity index (χ0n) is 11.5. The first-order valence-electron chi connectivity index (χ1n) is 6.18. The first-order valence-corrected chi connectivity index (χ1v) is 9.00. The Kier molecular flexibility index (Phi) is 4.91. The standard InChI is InChI=1S/C14H8F6O2S2/c15-13(16,17)9-3-1-5-11(7-9)23-24(21,22)12-6-2-4-10(8-12)14(18,19)20/h1-8H. The molecule has 0 N–H and O–H groups in total. The van der Waals surface area contributed by atoms with Gasteiger partial charge in [0.25, 0.3) is 0 Å². The van der Waals surface area contributed by atoms with Gasteiger partial charge >= 0.3 is 12.4 Å². The maximum atomic E-state index is 12.6. The largest absolute Gasteiger partial charge is 0.416 e. The van der Waals surface area contributed by atoms with E-state index < -0.39 is 37.2 Å². The molecule has 0 unspecified atom stereocenters. The van der Waals surface area contributed by atoms with Crippen LogP contribution < -0.4 is 0 Å². The molecule has 0 saturated carbocycles. The highest BCUT2D eigenvalue weighted by molar-refractivity contribution is 8.72. The molecule has 130 valence electrons. The molecule has 0 aliphatic heterocycles. The van der Waals surface area contributed by atoms with E-state index in [-0.39, 0.29) is 15.7 Å². The van der Waals surface area contributed by atoms with Gasteiger partial charge in [-0.1, -0.05) is 12.1 Å². The summed E-state index contributed by atoms with van der Waals surface area (Å²) >= 11 is 0. The summed E-state index contributed by atoms with van der Waals surface area (Å²) in [7, 11) is -4.26. The molecule has 0 radical (unpaired) electrons. The first-order chi connectivity index (χ1) is 10.9. The van der Waals surface area contributed by atoms with Crippen LogP contribution in [0.15, 0.2) is 58.3 Å². The average molecular weight is 386 g/mol. The van der Waals surface area contributed by atoms with Gasteiger partial charge in [-0.25, -0.2) is 8.42 Å². The van der Waals surface area contributed by atoms with Crippen molar-refractivity contribution in [1.29, 1.82) is 0 Å². The number of halogens is 6. The van der Waals surface area contributed by atoms with Crippen molar-refractivity contribution in [3.63, 3.8) is 0 Å². The SMILES string of the molecule is O=S(=O)(Sc1cccc(C(F)(F)F)c1)c1cccc(C(F)(F)F)c1. The summed E-state index contributed by atoms with van der Waals surface area (Å²) in [5.41, 5.74) is -2.21. The number of hydrogen-bond donors (Lipinski definition) is 0. The normalized spacial score (nSPS) is 13.1. The van der Waals surface area contributed by atoms with Crippen LogP contribution in [0.25, 0.3) is 0 Å². The van der Waals surface area contributed by atoms with E-state index in [1.54, 1.807) is 0 Å². The molecule has 2 nitrogen and oxygen atoms in total. The second-order valence-corrected chi connectivity index (χ2v) is 8.42. The number of benzene rings is 2. The molecule has 0 amide bonds. The molecule has 2 rings (SSSR count). The van der Waals surface area contributed by atoms with Gasteiger partial charge in [-0.05, 0) is 36.4 Å². The van der Waals surface area contributed by atoms with E-state index in [0.717, 1.165) is 30.3 Å². The maximum absolute atomic E-state index is 12.6. The van der Waals surface area contributed by atoms with Crippen LogP contribution in [-0.2, 0) is 21.2 Å². The van der Waals surface area contributed by atoms with E-state index >= 15 is 0 Å². The summed E-state index contributed by atoms with van der Waals surface area (Å²) in [5.74, 6) is 0. The van der Waals surface area contributed by atoms with Gasteiger partial charge in [-0.3, -0.25) is 0 Å². The Balaban J connectivity index is 2.36. The molecular formula is C14H8F6O2S2. The highest BCUT2D eigenvalue weighted by atomic mass is 33.1. The lowest BCUT2D eigenvalue weighted by Crippen LogP contribution is -2.07. The molecule has 0 spiro atoms. The highest BCUT2D eigenvalue weighted by Crippen LogP contribution is 2.37. The van der Waals surface area contributed by atoms with Gasteiger partial charge in [-0.2, -0.15) is 26.3 Å². The van der Waals surface area contributed by atoms with E-state index in [9.17, 15) is 34.8 Å². The van der Waals surface area contributed by atoms with Crippen molar-refractivity contribution in [2.45, 2.75) is 22.1 Å². The third-order valence-electron chi connectivity index (χ3n) is 2.82. The molecule has 0 bridgehead atoms. The van der Waals surface area contributed by atoms with Gasteiger partial charge in [0.2, 0.25) is 8.87 Å². The maximum Gasteiger partial charge on any atom is 0.416 e. The number of alkyl halides is 6. The lowest BCUT2D eigenvalue weighted by Gasteiger charge is -2.10. The van der Waals surface area contributed by atoms with Gasteiger partial charge in [0, 0.05) is 15.7 Å². The number of hydrogen-bond acceptors (Lipinski definition) is 3. The molecule has 2 aromatic carbocycles. The average Bonchev–Trinajstić information content (AvgIpc) is 2.45. The van der Waals surface area contributed by atoms with Crippen LogP contribution in [0.2, 0.25) is 0 Å². The van der Waals surface area contributed by atoms with Crippen LogP contribution >= 0.6 is 10.8 Å². The molecule has 0 heterocycles. The van der Waals surface area contributed by atoms with E-state index in [1.165, 1.54) is 0 Å². The van der Waals surface area contributed by atoms with Crippen molar-refractivity contribution >= 4 is 19.7 Å². The Labute approximate surface area is 136 Å². The van der Waals surface area contributed by atoms with Crippen molar-refractivity contribution in [3.05, 3.63) is 59.7 Å². The molecular weight excluding hydrogens is 378 g/mol. The van der Waals surface area contributed by atoms with Crippen LogP contribution in [0, 0.1) is 0 Å².